The van der Waals surface area contributed by atoms with Crippen molar-refractivity contribution in [2.24, 2.45) is 17.8 Å². The van der Waals surface area contributed by atoms with E-state index in [0.29, 0.717) is 37.9 Å². The average molecular weight is 295 g/mol. The summed E-state index contributed by atoms with van der Waals surface area (Å²) in [5.74, 6) is 0.261. The van der Waals surface area contributed by atoms with Gasteiger partial charge in [0.2, 0.25) is 5.91 Å². The van der Waals surface area contributed by atoms with Gasteiger partial charge in [0.1, 0.15) is 5.54 Å². The zero-order chi connectivity index (χ0) is 14.9. The van der Waals surface area contributed by atoms with Crippen LogP contribution in [-0.4, -0.2) is 35.7 Å². The maximum Gasteiger partial charge on any atom is 0.329 e. The standard InChI is InChI=1S/C16H25NO4/c18-14(13-10-12(13)11-4-2-1-3-5-11)17-16(15(19)20)6-8-21-9-7-16/h11-13H,1-10H2,(H,17,18)(H,19,20). The molecule has 0 radical (unpaired) electrons. The lowest BCUT2D eigenvalue weighted by atomic mass is 9.85. The van der Waals surface area contributed by atoms with Crippen molar-refractivity contribution < 1.29 is 19.4 Å². The molecule has 1 amide bonds. The molecule has 21 heavy (non-hydrogen) atoms. The van der Waals surface area contributed by atoms with Gasteiger partial charge in [0.05, 0.1) is 0 Å². The molecule has 0 spiro atoms. The molecule has 5 heteroatoms. The van der Waals surface area contributed by atoms with Crippen molar-refractivity contribution in [3.63, 3.8) is 0 Å². The predicted octanol–water partition coefficient (Wildman–Crippen LogP) is 1.95. The van der Waals surface area contributed by atoms with Crippen LogP contribution in [0, 0.1) is 17.8 Å². The van der Waals surface area contributed by atoms with Gasteiger partial charge in [-0.2, -0.15) is 0 Å². The molecule has 2 atom stereocenters. The molecule has 3 aliphatic rings. The molecule has 5 nitrogen and oxygen atoms in total. The number of carbonyl (C=O) groups is 2. The van der Waals surface area contributed by atoms with Gasteiger partial charge in [-0.1, -0.05) is 32.1 Å². The summed E-state index contributed by atoms with van der Waals surface area (Å²) in [6, 6.07) is 0. The number of hydrogen-bond acceptors (Lipinski definition) is 3. The maximum absolute atomic E-state index is 12.4. The van der Waals surface area contributed by atoms with Crippen LogP contribution in [0.25, 0.3) is 0 Å². The monoisotopic (exact) mass is 295 g/mol. The van der Waals surface area contributed by atoms with E-state index in [9.17, 15) is 14.7 Å². The van der Waals surface area contributed by atoms with Gasteiger partial charge in [-0.3, -0.25) is 4.79 Å². The van der Waals surface area contributed by atoms with Crippen molar-refractivity contribution in [3.8, 4) is 0 Å². The van der Waals surface area contributed by atoms with E-state index in [1.54, 1.807) is 0 Å². The zero-order valence-corrected chi connectivity index (χ0v) is 12.5. The Kier molecular flexibility index (Phi) is 4.20. The van der Waals surface area contributed by atoms with Crippen LogP contribution in [0.15, 0.2) is 0 Å². The molecule has 2 saturated carbocycles. The Hall–Kier alpha value is -1.10. The Morgan fingerprint density at radius 2 is 1.76 bits per heavy atom. The molecule has 2 N–H and O–H groups in total. The van der Waals surface area contributed by atoms with Crippen LogP contribution < -0.4 is 5.32 Å². The molecular formula is C16H25NO4. The van der Waals surface area contributed by atoms with Gasteiger partial charge in [-0.05, 0) is 18.3 Å². The number of rotatable bonds is 4. The smallest absolute Gasteiger partial charge is 0.329 e. The van der Waals surface area contributed by atoms with E-state index in [2.05, 4.69) is 5.32 Å². The van der Waals surface area contributed by atoms with Crippen LogP contribution in [-0.2, 0) is 14.3 Å². The average Bonchev–Trinajstić information content (AvgIpc) is 3.29. The Morgan fingerprint density at radius 1 is 1.10 bits per heavy atom. The second-order valence-corrected chi connectivity index (χ2v) is 6.89. The van der Waals surface area contributed by atoms with Crippen molar-refractivity contribution in [1.82, 2.24) is 5.32 Å². The minimum atomic E-state index is -1.10. The van der Waals surface area contributed by atoms with Crippen molar-refractivity contribution in [2.75, 3.05) is 13.2 Å². The van der Waals surface area contributed by atoms with Crippen LogP contribution in [0.1, 0.15) is 51.4 Å². The van der Waals surface area contributed by atoms with Crippen molar-refractivity contribution >= 4 is 11.9 Å². The first-order valence-electron chi connectivity index (χ1n) is 8.25. The first-order valence-corrected chi connectivity index (χ1v) is 8.25. The molecule has 3 rings (SSSR count). The SMILES string of the molecule is O=C(NC1(C(=O)O)CCOCC1)C1CC1C1CCCCC1. The highest BCUT2D eigenvalue weighted by atomic mass is 16.5. The Balaban J connectivity index is 1.57. The predicted molar refractivity (Wildman–Crippen MR) is 76.7 cm³/mol. The van der Waals surface area contributed by atoms with E-state index in [0.717, 1.165) is 6.42 Å². The molecule has 1 heterocycles. The molecule has 3 fully saturated rings. The fourth-order valence-corrected chi connectivity index (χ4v) is 4.04. The summed E-state index contributed by atoms with van der Waals surface area (Å²) >= 11 is 0. The molecular weight excluding hydrogens is 270 g/mol. The lowest BCUT2D eigenvalue weighted by Crippen LogP contribution is -2.58. The number of carboxylic acid groups (broad SMARTS) is 1. The van der Waals surface area contributed by atoms with Crippen LogP contribution in [0.3, 0.4) is 0 Å². The quantitative estimate of drug-likeness (QED) is 0.831. The lowest BCUT2D eigenvalue weighted by molar-refractivity contribution is -0.152. The number of carbonyl (C=O) groups excluding carboxylic acids is 1. The number of ether oxygens (including phenoxy) is 1. The van der Waals surface area contributed by atoms with Gasteiger partial charge in [0.25, 0.3) is 0 Å². The van der Waals surface area contributed by atoms with E-state index < -0.39 is 11.5 Å². The summed E-state index contributed by atoms with van der Waals surface area (Å²) in [4.78, 5) is 24.0. The minimum Gasteiger partial charge on any atom is -0.480 e. The molecule has 0 aromatic carbocycles. The fraction of sp³-hybridized carbons (Fsp3) is 0.875. The van der Waals surface area contributed by atoms with Gasteiger partial charge >= 0.3 is 5.97 Å². The Morgan fingerprint density at radius 3 is 2.38 bits per heavy atom. The molecule has 118 valence electrons. The third-order valence-electron chi connectivity index (χ3n) is 5.55. The highest BCUT2D eigenvalue weighted by Gasteiger charge is 2.50. The van der Waals surface area contributed by atoms with Gasteiger partial charge in [0.15, 0.2) is 0 Å². The number of aliphatic carboxylic acids is 1. The molecule has 1 saturated heterocycles. The molecule has 0 aromatic heterocycles. The van der Waals surface area contributed by atoms with Crippen LogP contribution in [0.4, 0.5) is 0 Å². The summed E-state index contributed by atoms with van der Waals surface area (Å²) in [6.45, 7) is 0.812. The number of nitrogens with one attached hydrogen (secondary N) is 1. The molecule has 2 unspecified atom stereocenters. The number of carboxylic acids is 1. The molecule has 2 aliphatic carbocycles. The van der Waals surface area contributed by atoms with E-state index in [1.165, 1.54) is 32.1 Å². The topological polar surface area (TPSA) is 75.6 Å². The molecule has 0 aromatic rings. The van der Waals surface area contributed by atoms with Crippen LogP contribution >= 0.6 is 0 Å². The van der Waals surface area contributed by atoms with Gasteiger partial charge < -0.3 is 15.2 Å². The summed E-state index contributed by atoms with van der Waals surface area (Å²) in [7, 11) is 0. The first kappa shape index (κ1) is 14.8. The second kappa shape index (κ2) is 5.95. The summed E-state index contributed by atoms with van der Waals surface area (Å²) in [5.41, 5.74) is -1.10. The third kappa shape index (κ3) is 3.07. The van der Waals surface area contributed by atoms with E-state index >= 15 is 0 Å². The van der Waals surface area contributed by atoms with E-state index in [4.69, 9.17) is 4.74 Å². The van der Waals surface area contributed by atoms with Gasteiger partial charge in [0, 0.05) is 32.0 Å². The summed E-state index contributed by atoms with van der Waals surface area (Å²) in [6.07, 6.45) is 8.06. The number of amides is 1. The summed E-state index contributed by atoms with van der Waals surface area (Å²) < 4.78 is 5.23. The zero-order valence-electron chi connectivity index (χ0n) is 12.5. The van der Waals surface area contributed by atoms with E-state index in [-0.39, 0.29) is 11.8 Å². The Bertz CT molecular complexity index is 411. The largest absolute Gasteiger partial charge is 0.480 e. The fourth-order valence-electron chi connectivity index (χ4n) is 4.04. The van der Waals surface area contributed by atoms with Crippen molar-refractivity contribution in [1.29, 1.82) is 0 Å². The second-order valence-electron chi connectivity index (χ2n) is 6.89. The third-order valence-corrected chi connectivity index (χ3v) is 5.55. The van der Waals surface area contributed by atoms with Crippen molar-refractivity contribution in [2.45, 2.75) is 56.9 Å². The normalized spacial score (nSPS) is 32.4. The first-order chi connectivity index (χ1) is 10.1. The van der Waals surface area contributed by atoms with E-state index in [1.807, 2.05) is 0 Å². The number of hydrogen-bond donors (Lipinski definition) is 2. The molecule has 1 aliphatic heterocycles. The van der Waals surface area contributed by atoms with Crippen LogP contribution in [0.2, 0.25) is 0 Å². The van der Waals surface area contributed by atoms with Gasteiger partial charge in [-0.25, -0.2) is 4.79 Å². The molecule has 0 bridgehead atoms. The van der Waals surface area contributed by atoms with Crippen LogP contribution in [0.5, 0.6) is 0 Å². The minimum absolute atomic E-state index is 0.0464. The highest BCUT2D eigenvalue weighted by Crippen LogP contribution is 2.49. The maximum atomic E-state index is 12.4. The van der Waals surface area contributed by atoms with Gasteiger partial charge in [-0.15, -0.1) is 0 Å². The Labute approximate surface area is 125 Å². The van der Waals surface area contributed by atoms with Crippen molar-refractivity contribution in [3.05, 3.63) is 0 Å². The highest BCUT2D eigenvalue weighted by molar-refractivity contribution is 5.89. The lowest BCUT2D eigenvalue weighted by Gasteiger charge is -2.34. The summed E-state index contributed by atoms with van der Waals surface area (Å²) in [5, 5.41) is 12.3.